The Morgan fingerprint density at radius 2 is 2.24 bits per heavy atom. The summed E-state index contributed by atoms with van der Waals surface area (Å²) in [5.41, 5.74) is 6.08. The fourth-order valence-electron chi connectivity index (χ4n) is 1.85. The van der Waals surface area contributed by atoms with Crippen LogP contribution in [0, 0.1) is 0 Å². The first-order valence-electron chi connectivity index (χ1n) is 5.50. The van der Waals surface area contributed by atoms with Crippen molar-refractivity contribution in [1.82, 2.24) is 9.97 Å². The van der Waals surface area contributed by atoms with Crippen LogP contribution in [-0.2, 0) is 5.54 Å². The second kappa shape index (κ2) is 3.30. The van der Waals surface area contributed by atoms with Gasteiger partial charge in [0, 0.05) is 6.07 Å². The predicted molar refractivity (Wildman–Crippen MR) is 64.0 cm³/mol. The van der Waals surface area contributed by atoms with Crippen molar-refractivity contribution in [3.63, 3.8) is 0 Å². The van der Waals surface area contributed by atoms with Gasteiger partial charge < -0.3 is 15.5 Å². The van der Waals surface area contributed by atoms with E-state index in [0.717, 1.165) is 12.8 Å². The van der Waals surface area contributed by atoms with Gasteiger partial charge in [-0.1, -0.05) is 0 Å². The van der Waals surface area contributed by atoms with E-state index < -0.39 is 5.54 Å². The summed E-state index contributed by atoms with van der Waals surface area (Å²) >= 11 is 0. The SMILES string of the molecule is COc1ccc2c(=O)[nH]c(C3(N)CC3)nc2c1. The topological polar surface area (TPSA) is 81.0 Å². The number of ether oxygens (including phenoxy) is 1. The maximum Gasteiger partial charge on any atom is 0.258 e. The van der Waals surface area contributed by atoms with Crippen LogP contribution < -0.4 is 16.0 Å². The zero-order valence-electron chi connectivity index (χ0n) is 9.49. The zero-order chi connectivity index (χ0) is 12.0. The third kappa shape index (κ3) is 1.59. The molecule has 2 aromatic rings. The minimum absolute atomic E-state index is 0.149. The van der Waals surface area contributed by atoms with Gasteiger partial charge in [0.25, 0.3) is 5.56 Å². The fraction of sp³-hybridized carbons (Fsp3) is 0.333. The highest BCUT2D eigenvalue weighted by Crippen LogP contribution is 2.40. The van der Waals surface area contributed by atoms with E-state index in [-0.39, 0.29) is 5.56 Å². The number of nitrogens with zero attached hydrogens (tertiary/aromatic N) is 1. The monoisotopic (exact) mass is 231 g/mol. The van der Waals surface area contributed by atoms with Gasteiger partial charge in [0.05, 0.1) is 23.6 Å². The minimum atomic E-state index is -0.434. The van der Waals surface area contributed by atoms with Crippen molar-refractivity contribution in [2.24, 2.45) is 5.73 Å². The highest BCUT2D eigenvalue weighted by Gasteiger charge is 2.42. The number of rotatable bonds is 2. The molecule has 0 aliphatic heterocycles. The van der Waals surface area contributed by atoms with Crippen molar-refractivity contribution < 1.29 is 4.74 Å². The average molecular weight is 231 g/mol. The molecule has 0 atom stereocenters. The number of benzene rings is 1. The van der Waals surface area contributed by atoms with Gasteiger partial charge in [0.15, 0.2) is 0 Å². The smallest absolute Gasteiger partial charge is 0.258 e. The van der Waals surface area contributed by atoms with E-state index in [4.69, 9.17) is 10.5 Å². The summed E-state index contributed by atoms with van der Waals surface area (Å²) in [5.74, 6) is 1.26. The minimum Gasteiger partial charge on any atom is -0.497 e. The first-order chi connectivity index (χ1) is 8.12. The van der Waals surface area contributed by atoms with E-state index in [1.54, 1.807) is 25.3 Å². The van der Waals surface area contributed by atoms with Gasteiger partial charge in [0.2, 0.25) is 0 Å². The van der Waals surface area contributed by atoms with Gasteiger partial charge in [-0.25, -0.2) is 4.98 Å². The van der Waals surface area contributed by atoms with E-state index in [1.807, 2.05) is 0 Å². The number of nitrogens with two attached hydrogens (primary N) is 1. The van der Waals surface area contributed by atoms with E-state index in [1.165, 1.54) is 0 Å². The predicted octanol–water partition coefficient (Wildman–Crippen LogP) is 0.879. The lowest BCUT2D eigenvalue weighted by Crippen LogP contribution is -2.26. The highest BCUT2D eigenvalue weighted by atomic mass is 16.5. The Balaban J connectivity index is 2.26. The lowest BCUT2D eigenvalue weighted by Gasteiger charge is -2.09. The molecule has 0 bridgehead atoms. The summed E-state index contributed by atoms with van der Waals surface area (Å²) in [6.07, 6.45) is 1.73. The summed E-state index contributed by atoms with van der Waals surface area (Å²) in [4.78, 5) is 19.1. The van der Waals surface area contributed by atoms with E-state index >= 15 is 0 Å². The Morgan fingerprint density at radius 3 is 2.88 bits per heavy atom. The number of methoxy groups -OCH3 is 1. The van der Waals surface area contributed by atoms with Crippen LogP contribution in [0.25, 0.3) is 10.9 Å². The van der Waals surface area contributed by atoms with Gasteiger partial charge in [-0.05, 0) is 25.0 Å². The molecular weight excluding hydrogens is 218 g/mol. The van der Waals surface area contributed by atoms with Crippen LogP contribution in [0.4, 0.5) is 0 Å². The molecule has 3 rings (SSSR count). The molecule has 0 radical (unpaired) electrons. The van der Waals surface area contributed by atoms with Gasteiger partial charge in [-0.3, -0.25) is 4.79 Å². The van der Waals surface area contributed by atoms with Gasteiger partial charge in [-0.2, -0.15) is 0 Å². The van der Waals surface area contributed by atoms with Crippen LogP contribution >= 0.6 is 0 Å². The van der Waals surface area contributed by atoms with Crippen molar-refractivity contribution in [1.29, 1.82) is 0 Å². The number of hydrogen-bond acceptors (Lipinski definition) is 4. The third-order valence-corrected chi connectivity index (χ3v) is 3.17. The Morgan fingerprint density at radius 1 is 1.47 bits per heavy atom. The lowest BCUT2D eigenvalue weighted by atomic mass is 10.2. The Hall–Kier alpha value is -1.88. The summed E-state index contributed by atoms with van der Waals surface area (Å²) in [6.45, 7) is 0. The van der Waals surface area contributed by atoms with Crippen molar-refractivity contribution in [3.05, 3.63) is 34.4 Å². The molecule has 5 heteroatoms. The van der Waals surface area contributed by atoms with Crippen molar-refractivity contribution in [3.8, 4) is 5.75 Å². The second-order valence-corrected chi connectivity index (χ2v) is 4.45. The first kappa shape index (κ1) is 10.3. The van der Waals surface area contributed by atoms with Crippen molar-refractivity contribution >= 4 is 10.9 Å². The molecule has 0 amide bonds. The molecule has 1 aliphatic rings. The van der Waals surface area contributed by atoms with Crippen LogP contribution in [0.5, 0.6) is 5.75 Å². The number of fused-ring (bicyclic) bond motifs is 1. The quantitative estimate of drug-likeness (QED) is 0.803. The molecule has 1 heterocycles. The van der Waals surface area contributed by atoms with E-state index in [0.29, 0.717) is 22.5 Å². The summed E-state index contributed by atoms with van der Waals surface area (Å²) in [6, 6.07) is 5.20. The first-order valence-corrected chi connectivity index (χ1v) is 5.50. The molecule has 1 fully saturated rings. The lowest BCUT2D eigenvalue weighted by molar-refractivity contribution is 0.415. The van der Waals surface area contributed by atoms with Crippen LogP contribution in [0.3, 0.4) is 0 Å². The average Bonchev–Trinajstić information content (AvgIpc) is 3.08. The number of aromatic amines is 1. The molecule has 0 unspecified atom stereocenters. The Labute approximate surface area is 97.6 Å². The van der Waals surface area contributed by atoms with Gasteiger partial charge >= 0.3 is 0 Å². The van der Waals surface area contributed by atoms with Crippen molar-refractivity contribution in [2.45, 2.75) is 18.4 Å². The number of H-pyrrole nitrogens is 1. The molecule has 17 heavy (non-hydrogen) atoms. The Bertz CT molecular complexity index is 644. The molecule has 5 nitrogen and oxygen atoms in total. The molecular formula is C12H13N3O2. The van der Waals surface area contributed by atoms with Crippen LogP contribution in [0.2, 0.25) is 0 Å². The molecule has 1 saturated carbocycles. The van der Waals surface area contributed by atoms with Gasteiger partial charge in [0.1, 0.15) is 11.6 Å². The molecule has 3 N–H and O–H groups in total. The summed E-state index contributed by atoms with van der Waals surface area (Å²) in [5, 5.41) is 0.554. The van der Waals surface area contributed by atoms with Crippen molar-refractivity contribution in [2.75, 3.05) is 7.11 Å². The number of aromatic nitrogens is 2. The zero-order valence-corrected chi connectivity index (χ0v) is 9.49. The molecule has 88 valence electrons. The molecule has 1 aromatic carbocycles. The molecule has 0 spiro atoms. The van der Waals surface area contributed by atoms with Crippen LogP contribution in [0.15, 0.2) is 23.0 Å². The normalized spacial score (nSPS) is 17.1. The fourth-order valence-corrected chi connectivity index (χ4v) is 1.85. The summed E-state index contributed by atoms with van der Waals surface area (Å²) < 4.78 is 5.12. The maximum absolute atomic E-state index is 11.9. The summed E-state index contributed by atoms with van der Waals surface area (Å²) in [7, 11) is 1.58. The Kier molecular flexibility index (Phi) is 2.00. The van der Waals surface area contributed by atoms with Gasteiger partial charge in [-0.15, -0.1) is 0 Å². The highest BCUT2D eigenvalue weighted by molar-refractivity contribution is 5.79. The molecule has 0 saturated heterocycles. The number of hydrogen-bond donors (Lipinski definition) is 2. The maximum atomic E-state index is 11.9. The third-order valence-electron chi connectivity index (χ3n) is 3.17. The standard InChI is InChI=1S/C12H13N3O2/c1-17-7-2-3-8-9(6-7)14-11(15-10(8)16)12(13)4-5-12/h2-3,6H,4-5,13H2,1H3,(H,14,15,16). The largest absolute Gasteiger partial charge is 0.497 e. The van der Waals surface area contributed by atoms with Crippen LogP contribution in [-0.4, -0.2) is 17.1 Å². The second-order valence-electron chi connectivity index (χ2n) is 4.45. The van der Waals surface area contributed by atoms with E-state index in [9.17, 15) is 4.79 Å². The molecule has 1 aliphatic carbocycles. The van der Waals surface area contributed by atoms with Crippen LogP contribution in [0.1, 0.15) is 18.7 Å². The number of nitrogens with one attached hydrogen (secondary N) is 1. The van der Waals surface area contributed by atoms with E-state index in [2.05, 4.69) is 9.97 Å². The molecule has 1 aromatic heterocycles.